The predicted octanol–water partition coefficient (Wildman–Crippen LogP) is 4.32. The summed E-state index contributed by atoms with van der Waals surface area (Å²) in [6.45, 7) is 4.40. The van der Waals surface area contributed by atoms with Gasteiger partial charge in [-0.2, -0.15) is 0 Å². The van der Waals surface area contributed by atoms with Gasteiger partial charge >= 0.3 is 0 Å². The standard InChI is InChI=1S/C15H20F3N/c1-15(2)7-5-9(6-8-15)14(19)10-3-4-11(16)13(18)12(10)17/h3-4,9,14H,5-8,19H2,1-2H3. The van der Waals surface area contributed by atoms with Crippen molar-refractivity contribution in [3.05, 3.63) is 35.1 Å². The van der Waals surface area contributed by atoms with Crippen LogP contribution in [0.4, 0.5) is 13.2 Å². The van der Waals surface area contributed by atoms with Crippen LogP contribution >= 0.6 is 0 Å². The van der Waals surface area contributed by atoms with E-state index in [9.17, 15) is 13.2 Å². The van der Waals surface area contributed by atoms with Crippen LogP contribution in [0.25, 0.3) is 0 Å². The van der Waals surface area contributed by atoms with Gasteiger partial charge in [0.15, 0.2) is 17.5 Å². The lowest BCUT2D eigenvalue weighted by Crippen LogP contribution is -2.29. The van der Waals surface area contributed by atoms with E-state index in [0.29, 0.717) is 5.41 Å². The molecule has 2 N–H and O–H groups in total. The molecule has 1 aliphatic carbocycles. The number of halogens is 3. The molecule has 0 saturated heterocycles. The van der Waals surface area contributed by atoms with Gasteiger partial charge in [0.05, 0.1) is 0 Å². The van der Waals surface area contributed by atoms with Crippen LogP contribution in [-0.2, 0) is 0 Å². The second kappa shape index (κ2) is 5.16. The highest BCUT2D eigenvalue weighted by Gasteiger charge is 2.32. The maximum atomic E-state index is 13.7. The molecule has 1 nitrogen and oxygen atoms in total. The number of hydrogen-bond acceptors (Lipinski definition) is 1. The quantitative estimate of drug-likeness (QED) is 0.796. The van der Waals surface area contributed by atoms with Crippen LogP contribution in [0.2, 0.25) is 0 Å². The third-order valence-corrected chi connectivity index (χ3v) is 4.32. The van der Waals surface area contributed by atoms with E-state index in [0.717, 1.165) is 31.7 Å². The van der Waals surface area contributed by atoms with Gasteiger partial charge in [0.1, 0.15) is 0 Å². The molecule has 0 aliphatic heterocycles. The Kier molecular flexibility index (Phi) is 3.90. The third kappa shape index (κ3) is 2.94. The molecule has 1 saturated carbocycles. The van der Waals surface area contributed by atoms with Gasteiger partial charge in [0, 0.05) is 11.6 Å². The fourth-order valence-electron chi connectivity index (χ4n) is 2.83. The molecule has 0 heterocycles. The molecule has 1 aromatic carbocycles. The maximum Gasteiger partial charge on any atom is 0.194 e. The highest BCUT2D eigenvalue weighted by Crippen LogP contribution is 2.42. The zero-order valence-electron chi connectivity index (χ0n) is 11.3. The van der Waals surface area contributed by atoms with Gasteiger partial charge in [-0.15, -0.1) is 0 Å². The molecule has 0 aromatic heterocycles. The van der Waals surface area contributed by atoms with Crippen molar-refractivity contribution in [3.8, 4) is 0 Å². The number of benzene rings is 1. The Hall–Kier alpha value is -1.03. The van der Waals surface area contributed by atoms with Crippen LogP contribution in [0.15, 0.2) is 12.1 Å². The van der Waals surface area contributed by atoms with E-state index in [1.165, 1.54) is 6.07 Å². The fourth-order valence-corrected chi connectivity index (χ4v) is 2.83. The second-order valence-corrected chi connectivity index (χ2v) is 6.29. The average Bonchev–Trinajstić information content (AvgIpc) is 2.35. The van der Waals surface area contributed by atoms with Crippen molar-refractivity contribution in [1.82, 2.24) is 0 Å². The first kappa shape index (κ1) is 14.4. The lowest BCUT2D eigenvalue weighted by atomic mass is 9.70. The minimum atomic E-state index is -1.43. The maximum absolute atomic E-state index is 13.7. The molecular formula is C15H20F3N. The molecule has 19 heavy (non-hydrogen) atoms. The van der Waals surface area contributed by atoms with Crippen molar-refractivity contribution >= 4 is 0 Å². The van der Waals surface area contributed by atoms with Crippen molar-refractivity contribution in [2.24, 2.45) is 17.1 Å². The number of hydrogen-bond donors (Lipinski definition) is 1. The SMILES string of the molecule is CC1(C)CCC(C(N)c2ccc(F)c(F)c2F)CC1. The molecule has 0 spiro atoms. The zero-order chi connectivity index (χ0) is 14.2. The molecule has 1 atom stereocenters. The Labute approximate surface area is 112 Å². The fraction of sp³-hybridized carbons (Fsp3) is 0.600. The topological polar surface area (TPSA) is 26.0 Å². The first-order valence-corrected chi connectivity index (χ1v) is 6.71. The summed E-state index contributed by atoms with van der Waals surface area (Å²) in [5, 5.41) is 0. The summed E-state index contributed by atoms with van der Waals surface area (Å²) >= 11 is 0. The van der Waals surface area contributed by atoms with Gasteiger partial charge < -0.3 is 5.73 Å². The van der Waals surface area contributed by atoms with Gasteiger partial charge in [-0.25, -0.2) is 13.2 Å². The molecule has 1 aliphatic rings. The van der Waals surface area contributed by atoms with Crippen molar-refractivity contribution < 1.29 is 13.2 Å². The predicted molar refractivity (Wildman–Crippen MR) is 69.0 cm³/mol. The Morgan fingerprint density at radius 3 is 2.26 bits per heavy atom. The zero-order valence-corrected chi connectivity index (χ0v) is 11.3. The van der Waals surface area contributed by atoms with Gasteiger partial charge in [0.25, 0.3) is 0 Å². The third-order valence-electron chi connectivity index (χ3n) is 4.32. The van der Waals surface area contributed by atoms with Gasteiger partial charge in [-0.05, 0) is 43.1 Å². The molecular weight excluding hydrogens is 251 g/mol. The van der Waals surface area contributed by atoms with E-state index in [4.69, 9.17) is 5.73 Å². The lowest BCUT2D eigenvalue weighted by molar-refractivity contribution is 0.172. The van der Waals surface area contributed by atoms with Gasteiger partial charge in [0.2, 0.25) is 0 Å². The minimum absolute atomic E-state index is 0.0867. The Morgan fingerprint density at radius 1 is 1.11 bits per heavy atom. The summed E-state index contributed by atoms with van der Waals surface area (Å²) in [7, 11) is 0. The Bertz CT molecular complexity index is 461. The van der Waals surface area contributed by atoms with Crippen LogP contribution < -0.4 is 5.73 Å². The van der Waals surface area contributed by atoms with E-state index in [2.05, 4.69) is 13.8 Å². The van der Waals surface area contributed by atoms with Crippen LogP contribution in [-0.4, -0.2) is 0 Å². The van der Waals surface area contributed by atoms with E-state index < -0.39 is 23.5 Å². The molecule has 1 aromatic rings. The molecule has 4 heteroatoms. The van der Waals surface area contributed by atoms with Crippen LogP contribution in [0.5, 0.6) is 0 Å². The average molecular weight is 271 g/mol. The second-order valence-electron chi connectivity index (χ2n) is 6.29. The van der Waals surface area contributed by atoms with Gasteiger partial charge in [-0.3, -0.25) is 0 Å². The van der Waals surface area contributed by atoms with Gasteiger partial charge in [-0.1, -0.05) is 19.9 Å². The van der Waals surface area contributed by atoms with Crippen molar-refractivity contribution in [2.75, 3.05) is 0 Å². The van der Waals surface area contributed by atoms with Crippen molar-refractivity contribution in [2.45, 2.75) is 45.6 Å². The molecule has 0 bridgehead atoms. The van der Waals surface area contributed by atoms with Crippen LogP contribution in [0.1, 0.15) is 51.1 Å². The summed E-state index contributed by atoms with van der Waals surface area (Å²) < 4.78 is 39.9. The number of nitrogens with two attached hydrogens (primary N) is 1. The van der Waals surface area contributed by atoms with E-state index in [-0.39, 0.29) is 11.5 Å². The molecule has 0 radical (unpaired) electrons. The Balaban J connectivity index is 2.17. The normalized spacial score (nSPS) is 21.4. The molecule has 1 fully saturated rings. The highest BCUT2D eigenvalue weighted by atomic mass is 19.2. The monoisotopic (exact) mass is 271 g/mol. The van der Waals surface area contributed by atoms with E-state index in [1.54, 1.807) is 0 Å². The Morgan fingerprint density at radius 2 is 1.68 bits per heavy atom. The van der Waals surface area contributed by atoms with Crippen molar-refractivity contribution in [3.63, 3.8) is 0 Å². The molecule has 0 amide bonds. The largest absolute Gasteiger partial charge is 0.324 e. The number of rotatable bonds is 2. The van der Waals surface area contributed by atoms with Crippen LogP contribution in [0.3, 0.4) is 0 Å². The smallest absolute Gasteiger partial charge is 0.194 e. The molecule has 106 valence electrons. The summed E-state index contributed by atoms with van der Waals surface area (Å²) in [6, 6.07) is 1.64. The summed E-state index contributed by atoms with van der Waals surface area (Å²) in [4.78, 5) is 0. The lowest BCUT2D eigenvalue weighted by Gasteiger charge is -2.37. The van der Waals surface area contributed by atoms with E-state index >= 15 is 0 Å². The van der Waals surface area contributed by atoms with Crippen molar-refractivity contribution in [1.29, 1.82) is 0 Å². The minimum Gasteiger partial charge on any atom is -0.324 e. The van der Waals surface area contributed by atoms with Crippen LogP contribution in [0, 0.1) is 28.8 Å². The first-order valence-electron chi connectivity index (χ1n) is 6.71. The molecule has 2 rings (SSSR count). The molecule has 1 unspecified atom stereocenters. The highest BCUT2D eigenvalue weighted by molar-refractivity contribution is 5.24. The summed E-state index contributed by atoms with van der Waals surface area (Å²) in [5.74, 6) is -3.60. The van der Waals surface area contributed by atoms with E-state index in [1.807, 2.05) is 0 Å². The first-order chi connectivity index (χ1) is 8.82. The summed E-state index contributed by atoms with van der Waals surface area (Å²) in [6.07, 6.45) is 3.84. The summed E-state index contributed by atoms with van der Waals surface area (Å²) in [5.41, 5.74) is 6.43.